The first kappa shape index (κ1) is 7.38. The number of rotatable bonds is 0. The molecule has 0 N–H and O–H groups in total. The predicted octanol–water partition coefficient (Wildman–Crippen LogP) is 1.10. The third-order valence-electron chi connectivity index (χ3n) is 0.970. The number of alkyl halides is 1. The Morgan fingerprint density at radius 1 is 1.67 bits per heavy atom. The van der Waals surface area contributed by atoms with Crippen LogP contribution in [0, 0.1) is 0 Å². The zero-order valence-electron chi connectivity index (χ0n) is 4.34. The van der Waals surface area contributed by atoms with Crippen molar-refractivity contribution in [2.45, 2.75) is 5.38 Å². The molecule has 1 unspecified atom stereocenters. The van der Waals surface area contributed by atoms with Crippen LogP contribution in [0.4, 0.5) is 0 Å². The summed E-state index contributed by atoms with van der Waals surface area (Å²) in [7, 11) is -3.07. The van der Waals surface area contributed by atoms with Crippen molar-refractivity contribution in [3.63, 3.8) is 0 Å². The van der Waals surface area contributed by atoms with Gasteiger partial charge in [0.2, 0.25) is 0 Å². The number of allylic oxidation sites excluding steroid dienone is 1. The van der Waals surface area contributed by atoms with Gasteiger partial charge in [0.15, 0.2) is 9.84 Å². The average molecular weight is 187 g/mol. The zero-order chi connectivity index (χ0) is 7.07. The quantitative estimate of drug-likeness (QED) is 0.532. The van der Waals surface area contributed by atoms with Gasteiger partial charge in [-0.05, 0) is 0 Å². The van der Waals surface area contributed by atoms with Crippen molar-refractivity contribution in [2.75, 3.05) is 5.75 Å². The lowest BCUT2D eigenvalue weighted by Gasteiger charge is -1.92. The van der Waals surface area contributed by atoms with Crippen LogP contribution in [0.3, 0.4) is 0 Å². The second-order valence-corrected chi connectivity index (χ2v) is 4.66. The van der Waals surface area contributed by atoms with Crippen LogP contribution >= 0.6 is 23.2 Å². The molecule has 1 heterocycles. The fourth-order valence-corrected chi connectivity index (χ4v) is 3.01. The maximum Gasteiger partial charge on any atom is 0.174 e. The molecule has 0 radical (unpaired) electrons. The molecule has 9 heavy (non-hydrogen) atoms. The Morgan fingerprint density at radius 3 is 2.33 bits per heavy atom. The van der Waals surface area contributed by atoms with Crippen molar-refractivity contribution in [2.24, 2.45) is 0 Å². The van der Waals surface area contributed by atoms with Crippen molar-refractivity contribution >= 4 is 33.0 Å². The van der Waals surface area contributed by atoms with E-state index in [0.717, 1.165) is 5.41 Å². The van der Waals surface area contributed by atoms with E-state index in [4.69, 9.17) is 23.2 Å². The third-order valence-corrected chi connectivity index (χ3v) is 3.57. The monoisotopic (exact) mass is 186 g/mol. The van der Waals surface area contributed by atoms with Gasteiger partial charge in [0.1, 0.15) is 0 Å². The molecule has 0 aromatic heterocycles. The molecule has 1 rings (SSSR count). The number of hydrogen-bond donors (Lipinski definition) is 0. The van der Waals surface area contributed by atoms with Crippen molar-refractivity contribution in [1.82, 2.24) is 0 Å². The first-order valence-electron chi connectivity index (χ1n) is 2.25. The summed E-state index contributed by atoms with van der Waals surface area (Å²) < 4.78 is 21.2. The van der Waals surface area contributed by atoms with E-state index in [1.165, 1.54) is 0 Å². The maximum absolute atomic E-state index is 10.6. The van der Waals surface area contributed by atoms with Gasteiger partial charge in [0, 0.05) is 10.4 Å². The Hall–Kier alpha value is 0.270. The zero-order valence-corrected chi connectivity index (χ0v) is 6.67. The Morgan fingerprint density at radius 2 is 2.22 bits per heavy atom. The normalized spacial score (nSPS) is 32.2. The predicted molar refractivity (Wildman–Crippen MR) is 37.4 cm³/mol. The fraction of sp³-hybridized carbons (Fsp3) is 0.500. The minimum absolute atomic E-state index is 0.0621. The third kappa shape index (κ3) is 1.60. The average Bonchev–Trinajstić information content (AvgIpc) is 1.79. The van der Waals surface area contributed by atoms with E-state index >= 15 is 0 Å². The van der Waals surface area contributed by atoms with Crippen LogP contribution < -0.4 is 0 Å². The Balaban J connectivity index is 3.01. The molecule has 0 aromatic rings. The van der Waals surface area contributed by atoms with Crippen LogP contribution in [0.25, 0.3) is 0 Å². The van der Waals surface area contributed by atoms with Crippen LogP contribution in [-0.4, -0.2) is 19.5 Å². The summed E-state index contributed by atoms with van der Waals surface area (Å²) in [6.45, 7) is 0. The lowest BCUT2D eigenvalue weighted by molar-refractivity contribution is 0.606. The van der Waals surface area contributed by atoms with Crippen LogP contribution in [0.1, 0.15) is 0 Å². The standard InChI is InChI=1S/C4H4Cl2O2S/c5-3-1-9(7,8)2-4(3)6/h1,4H,2H2. The molecule has 0 spiro atoms. The van der Waals surface area contributed by atoms with Gasteiger partial charge >= 0.3 is 0 Å². The highest BCUT2D eigenvalue weighted by atomic mass is 35.5. The minimum atomic E-state index is -3.07. The lowest BCUT2D eigenvalue weighted by Crippen LogP contribution is -2.04. The lowest BCUT2D eigenvalue weighted by atomic mass is 10.5. The first-order valence-corrected chi connectivity index (χ1v) is 4.78. The summed E-state index contributed by atoms with van der Waals surface area (Å²) in [6, 6.07) is 0. The Bertz CT molecular complexity index is 241. The van der Waals surface area contributed by atoms with E-state index in [9.17, 15) is 8.42 Å². The molecule has 0 saturated heterocycles. The van der Waals surface area contributed by atoms with E-state index in [1.807, 2.05) is 0 Å². The molecule has 0 saturated carbocycles. The van der Waals surface area contributed by atoms with Gasteiger partial charge in [-0.15, -0.1) is 11.6 Å². The molecule has 1 aliphatic rings. The summed E-state index contributed by atoms with van der Waals surface area (Å²) in [4.78, 5) is 0. The summed E-state index contributed by atoms with van der Waals surface area (Å²) in [6.07, 6.45) is 0. The molecule has 1 atom stereocenters. The molecular formula is C4H4Cl2O2S. The SMILES string of the molecule is O=S1(=O)C=C(Cl)C(Cl)C1. The molecule has 52 valence electrons. The van der Waals surface area contributed by atoms with Gasteiger partial charge in [-0.25, -0.2) is 8.42 Å². The maximum atomic E-state index is 10.6. The van der Waals surface area contributed by atoms with Crippen molar-refractivity contribution in [1.29, 1.82) is 0 Å². The van der Waals surface area contributed by atoms with Crippen LogP contribution in [0.5, 0.6) is 0 Å². The topological polar surface area (TPSA) is 34.1 Å². The van der Waals surface area contributed by atoms with E-state index < -0.39 is 15.2 Å². The van der Waals surface area contributed by atoms with Crippen LogP contribution in [-0.2, 0) is 9.84 Å². The van der Waals surface area contributed by atoms with Gasteiger partial charge in [-0.2, -0.15) is 0 Å². The van der Waals surface area contributed by atoms with Crippen molar-refractivity contribution in [3.8, 4) is 0 Å². The summed E-state index contributed by atoms with van der Waals surface area (Å²) in [5.41, 5.74) is 0. The highest BCUT2D eigenvalue weighted by Gasteiger charge is 2.26. The van der Waals surface area contributed by atoms with E-state index in [0.29, 0.717) is 0 Å². The van der Waals surface area contributed by atoms with Crippen LogP contribution in [0.15, 0.2) is 10.4 Å². The molecule has 0 aliphatic carbocycles. The fourth-order valence-electron chi connectivity index (χ4n) is 0.577. The Labute approximate surface area is 63.4 Å². The summed E-state index contributed by atoms with van der Waals surface area (Å²) >= 11 is 10.9. The largest absolute Gasteiger partial charge is 0.224 e. The van der Waals surface area contributed by atoms with E-state index in [1.54, 1.807) is 0 Å². The minimum Gasteiger partial charge on any atom is -0.224 e. The number of hydrogen-bond acceptors (Lipinski definition) is 2. The molecular weight excluding hydrogens is 183 g/mol. The van der Waals surface area contributed by atoms with E-state index in [2.05, 4.69) is 0 Å². The number of halogens is 2. The Kier molecular flexibility index (Phi) is 1.76. The molecule has 0 amide bonds. The molecule has 0 bridgehead atoms. The smallest absolute Gasteiger partial charge is 0.174 e. The molecule has 5 heteroatoms. The molecule has 1 aliphatic heterocycles. The van der Waals surface area contributed by atoms with Gasteiger partial charge < -0.3 is 0 Å². The van der Waals surface area contributed by atoms with Crippen LogP contribution in [0.2, 0.25) is 0 Å². The molecule has 0 aromatic carbocycles. The summed E-state index contributed by atoms with van der Waals surface area (Å²) in [5.74, 6) is -0.0621. The highest BCUT2D eigenvalue weighted by Crippen LogP contribution is 2.24. The second-order valence-electron chi connectivity index (χ2n) is 1.80. The van der Waals surface area contributed by atoms with Crippen molar-refractivity contribution < 1.29 is 8.42 Å². The number of sulfone groups is 1. The van der Waals surface area contributed by atoms with Gasteiger partial charge in [-0.1, -0.05) is 11.6 Å². The highest BCUT2D eigenvalue weighted by molar-refractivity contribution is 7.94. The van der Waals surface area contributed by atoms with E-state index in [-0.39, 0.29) is 10.8 Å². The summed E-state index contributed by atoms with van der Waals surface area (Å²) in [5, 5.41) is 0.694. The second kappa shape index (κ2) is 2.15. The van der Waals surface area contributed by atoms with Crippen molar-refractivity contribution in [3.05, 3.63) is 10.4 Å². The van der Waals surface area contributed by atoms with Gasteiger partial charge in [0.05, 0.1) is 11.1 Å². The van der Waals surface area contributed by atoms with Gasteiger partial charge in [-0.3, -0.25) is 0 Å². The molecule has 0 fully saturated rings. The molecule has 2 nitrogen and oxygen atoms in total. The van der Waals surface area contributed by atoms with Gasteiger partial charge in [0.25, 0.3) is 0 Å². The first-order chi connectivity index (χ1) is 4.01.